The number of terminal acetylenes is 1. The number of aliphatic hydroxyl groups excluding tert-OH is 1. The molecule has 2 aromatic rings. The van der Waals surface area contributed by atoms with Crippen molar-refractivity contribution in [2.24, 2.45) is 0 Å². The number of imidazole rings is 1. The molecule has 1 N–H and O–H groups in total. The standard InChI is InChI=1S/C21H23N5O8/c1-6-7-25(11(3)28)19-14-20(23-8-22-19)26(9-24-14)21-18(33-13(5)30)17(32-12(4)29)16(34-21)15(31)10(2)27/h1,8-9,15-18,21,31H,7H2,2-5H3/t15?,16-,17-,18-,21-/m1/s1. The van der Waals surface area contributed by atoms with E-state index in [2.05, 4.69) is 20.9 Å². The van der Waals surface area contributed by atoms with Crippen LogP contribution in [-0.2, 0) is 33.4 Å². The van der Waals surface area contributed by atoms with Crippen molar-refractivity contribution in [3.63, 3.8) is 0 Å². The minimum atomic E-state index is -1.67. The maximum atomic E-state index is 12.1. The van der Waals surface area contributed by atoms with Gasteiger partial charge in [0.05, 0.1) is 12.9 Å². The molecule has 3 rings (SSSR count). The number of anilines is 1. The number of hydrogen-bond acceptors (Lipinski definition) is 11. The predicted octanol–water partition coefficient (Wildman–Crippen LogP) is -0.477. The van der Waals surface area contributed by atoms with Crippen LogP contribution in [0.1, 0.15) is 33.9 Å². The van der Waals surface area contributed by atoms with Crippen LogP contribution in [0.5, 0.6) is 0 Å². The van der Waals surface area contributed by atoms with Crippen molar-refractivity contribution in [3.05, 3.63) is 12.7 Å². The van der Waals surface area contributed by atoms with Crippen LogP contribution in [0.4, 0.5) is 5.82 Å². The van der Waals surface area contributed by atoms with Gasteiger partial charge in [-0.05, 0) is 6.92 Å². The van der Waals surface area contributed by atoms with Crippen LogP contribution in [0.3, 0.4) is 0 Å². The number of esters is 2. The Morgan fingerprint density at radius 3 is 2.35 bits per heavy atom. The van der Waals surface area contributed by atoms with Crippen LogP contribution in [-0.4, -0.2) is 79.2 Å². The lowest BCUT2D eigenvalue weighted by Crippen LogP contribution is -2.45. The first-order chi connectivity index (χ1) is 16.1. The van der Waals surface area contributed by atoms with Crippen LogP contribution in [0.15, 0.2) is 12.7 Å². The zero-order valence-electron chi connectivity index (χ0n) is 18.9. The van der Waals surface area contributed by atoms with Gasteiger partial charge in [-0.2, -0.15) is 0 Å². The lowest BCUT2D eigenvalue weighted by molar-refractivity contribution is -0.167. The number of aromatic nitrogens is 4. The third-order valence-corrected chi connectivity index (χ3v) is 5.06. The molecule has 13 nitrogen and oxygen atoms in total. The summed E-state index contributed by atoms with van der Waals surface area (Å²) in [4.78, 5) is 61.4. The average molecular weight is 473 g/mol. The van der Waals surface area contributed by atoms with Crippen LogP contribution < -0.4 is 4.90 Å². The Hall–Kier alpha value is -3.89. The molecular weight excluding hydrogens is 450 g/mol. The second-order valence-corrected chi connectivity index (χ2v) is 7.53. The largest absolute Gasteiger partial charge is 0.455 e. The molecule has 0 spiro atoms. The topological polar surface area (TPSA) is 163 Å². The highest BCUT2D eigenvalue weighted by Crippen LogP contribution is 2.37. The molecule has 1 aliphatic rings. The molecular formula is C21H23N5O8. The molecule has 5 atom stereocenters. The van der Waals surface area contributed by atoms with E-state index < -0.39 is 48.4 Å². The van der Waals surface area contributed by atoms with Gasteiger partial charge < -0.3 is 19.3 Å². The van der Waals surface area contributed by atoms with Crippen molar-refractivity contribution in [1.29, 1.82) is 0 Å². The number of amides is 1. The van der Waals surface area contributed by atoms with Gasteiger partial charge in [-0.25, -0.2) is 15.0 Å². The zero-order chi connectivity index (χ0) is 25.2. The Bertz CT molecular complexity index is 1170. The van der Waals surface area contributed by atoms with E-state index in [0.29, 0.717) is 0 Å². The fourth-order valence-corrected chi connectivity index (χ4v) is 3.67. The van der Waals surface area contributed by atoms with Crippen LogP contribution in [0, 0.1) is 12.3 Å². The number of ketones is 1. The van der Waals surface area contributed by atoms with Gasteiger partial charge in [0, 0.05) is 20.8 Å². The first-order valence-corrected chi connectivity index (χ1v) is 10.1. The fourth-order valence-electron chi connectivity index (χ4n) is 3.67. The number of fused-ring (bicyclic) bond motifs is 1. The number of nitrogens with zero attached hydrogens (tertiary/aromatic N) is 5. The monoisotopic (exact) mass is 473 g/mol. The predicted molar refractivity (Wildman–Crippen MR) is 114 cm³/mol. The smallest absolute Gasteiger partial charge is 0.303 e. The maximum absolute atomic E-state index is 12.1. The number of carbonyl (C=O) groups excluding carboxylic acids is 4. The van der Waals surface area contributed by atoms with Crippen molar-refractivity contribution in [1.82, 2.24) is 19.5 Å². The number of aliphatic hydroxyl groups is 1. The molecule has 1 amide bonds. The van der Waals surface area contributed by atoms with Crippen LogP contribution >= 0.6 is 0 Å². The highest BCUT2D eigenvalue weighted by molar-refractivity contribution is 5.98. The first-order valence-electron chi connectivity index (χ1n) is 10.1. The normalized spacial score (nSPS) is 22.6. The molecule has 1 unspecified atom stereocenters. The summed E-state index contributed by atoms with van der Waals surface area (Å²) in [6.07, 6.45) is 1.07. The molecule has 34 heavy (non-hydrogen) atoms. The van der Waals surface area contributed by atoms with Crippen molar-refractivity contribution in [2.75, 3.05) is 11.4 Å². The summed E-state index contributed by atoms with van der Waals surface area (Å²) < 4.78 is 17.9. The lowest BCUT2D eigenvalue weighted by Gasteiger charge is -2.24. The van der Waals surface area contributed by atoms with E-state index in [9.17, 15) is 24.3 Å². The lowest BCUT2D eigenvalue weighted by atomic mass is 10.0. The van der Waals surface area contributed by atoms with E-state index in [1.165, 1.54) is 29.0 Å². The Morgan fingerprint density at radius 1 is 1.15 bits per heavy atom. The molecule has 0 aliphatic carbocycles. The van der Waals surface area contributed by atoms with Gasteiger partial charge in [0.2, 0.25) is 5.91 Å². The summed E-state index contributed by atoms with van der Waals surface area (Å²) in [5.74, 6) is 0.0512. The summed E-state index contributed by atoms with van der Waals surface area (Å²) in [6.45, 7) is 4.67. The van der Waals surface area contributed by atoms with E-state index in [1.54, 1.807) is 0 Å². The second-order valence-electron chi connectivity index (χ2n) is 7.53. The Morgan fingerprint density at radius 2 is 1.79 bits per heavy atom. The third-order valence-electron chi connectivity index (χ3n) is 5.06. The molecule has 3 heterocycles. The average Bonchev–Trinajstić information content (AvgIpc) is 3.32. The van der Waals surface area contributed by atoms with Crippen molar-refractivity contribution in [2.45, 2.75) is 58.3 Å². The highest BCUT2D eigenvalue weighted by Gasteiger charge is 2.54. The molecule has 0 saturated carbocycles. The number of hydrogen-bond donors (Lipinski definition) is 1. The molecule has 0 bridgehead atoms. The summed E-state index contributed by atoms with van der Waals surface area (Å²) in [7, 11) is 0. The molecule has 2 aromatic heterocycles. The molecule has 180 valence electrons. The molecule has 0 aromatic carbocycles. The Labute approximate surface area is 194 Å². The first kappa shape index (κ1) is 24.7. The van der Waals surface area contributed by atoms with Gasteiger partial charge in [0.1, 0.15) is 18.5 Å². The number of carbonyl (C=O) groups is 4. The van der Waals surface area contributed by atoms with E-state index >= 15 is 0 Å². The van der Waals surface area contributed by atoms with Crippen molar-refractivity contribution < 1.29 is 38.5 Å². The van der Waals surface area contributed by atoms with E-state index in [4.69, 9.17) is 20.6 Å². The van der Waals surface area contributed by atoms with Crippen LogP contribution in [0.2, 0.25) is 0 Å². The van der Waals surface area contributed by atoms with E-state index in [-0.39, 0.29) is 29.4 Å². The third kappa shape index (κ3) is 4.73. The molecule has 1 saturated heterocycles. The Balaban J connectivity index is 2.13. The SMILES string of the molecule is C#CCN(C(C)=O)c1ncnc2c1ncn2[C@@H]1O[C@H](C(O)C(C)=O)[C@@H](OC(C)=O)[C@H]1OC(C)=O. The van der Waals surface area contributed by atoms with Gasteiger partial charge in [-0.15, -0.1) is 6.42 Å². The summed E-state index contributed by atoms with van der Waals surface area (Å²) >= 11 is 0. The minimum absolute atomic E-state index is 0.0638. The van der Waals surface area contributed by atoms with Gasteiger partial charge in [-0.3, -0.25) is 28.6 Å². The second kappa shape index (κ2) is 9.94. The maximum Gasteiger partial charge on any atom is 0.303 e. The summed E-state index contributed by atoms with van der Waals surface area (Å²) in [5, 5.41) is 10.4. The summed E-state index contributed by atoms with van der Waals surface area (Å²) in [5.41, 5.74) is 0.368. The zero-order valence-corrected chi connectivity index (χ0v) is 18.9. The molecule has 0 radical (unpaired) electrons. The van der Waals surface area contributed by atoms with Gasteiger partial charge in [0.25, 0.3) is 0 Å². The van der Waals surface area contributed by atoms with E-state index in [1.807, 2.05) is 0 Å². The molecule has 1 fully saturated rings. The molecule has 13 heteroatoms. The minimum Gasteiger partial charge on any atom is -0.455 e. The quantitative estimate of drug-likeness (QED) is 0.408. The summed E-state index contributed by atoms with van der Waals surface area (Å²) in [6, 6.07) is 0. The Kier molecular flexibility index (Phi) is 7.23. The number of Topliss-reactive ketones (excluding diaryl/α,β-unsaturated/α-hetero) is 1. The van der Waals surface area contributed by atoms with Gasteiger partial charge >= 0.3 is 11.9 Å². The fraction of sp³-hybridized carbons (Fsp3) is 0.476. The van der Waals surface area contributed by atoms with Crippen molar-refractivity contribution >= 4 is 40.6 Å². The number of rotatable bonds is 7. The highest BCUT2D eigenvalue weighted by atomic mass is 16.6. The van der Waals surface area contributed by atoms with Crippen LogP contribution in [0.25, 0.3) is 11.2 Å². The van der Waals surface area contributed by atoms with Gasteiger partial charge in [0.15, 0.2) is 41.2 Å². The number of ether oxygens (including phenoxy) is 3. The van der Waals surface area contributed by atoms with E-state index in [0.717, 1.165) is 20.8 Å². The van der Waals surface area contributed by atoms with Gasteiger partial charge in [-0.1, -0.05) is 5.92 Å². The van der Waals surface area contributed by atoms with Crippen molar-refractivity contribution in [3.8, 4) is 12.3 Å². The molecule has 1 aliphatic heterocycles.